The van der Waals surface area contributed by atoms with E-state index >= 15 is 0 Å². The summed E-state index contributed by atoms with van der Waals surface area (Å²) in [5.74, 6) is -22.3. The van der Waals surface area contributed by atoms with Crippen LogP contribution < -0.4 is 119 Å². The molecule has 0 radical (unpaired) electrons. The number of nitrogens with two attached hydrogens (primary N) is 5. The van der Waals surface area contributed by atoms with Crippen molar-refractivity contribution in [3.8, 4) is 0 Å². The summed E-state index contributed by atoms with van der Waals surface area (Å²) in [6.07, 6.45) is -1.47. The van der Waals surface area contributed by atoms with Crippen molar-refractivity contribution in [3.63, 3.8) is 0 Å². The first kappa shape index (κ1) is 114. The number of aliphatic hydroxyl groups is 1. The van der Waals surface area contributed by atoms with Gasteiger partial charge in [0, 0.05) is 25.8 Å². The van der Waals surface area contributed by atoms with E-state index in [0.717, 1.165) is 0 Å². The zero-order valence-electron chi connectivity index (χ0n) is 77.0. The third kappa shape index (κ3) is 42.6. The van der Waals surface area contributed by atoms with E-state index in [2.05, 4.69) is 90.4 Å². The Morgan fingerprint density at radius 1 is 0.346 bits per heavy atom. The maximum absolute atomic E-state index is 14.8. The van der Waals surface area contributed by atoms with Gasteiger partial charge >= 0.3 is 11.9 Å². The van der Waals surface area contributed by atoms with E-state index in [9.17, 15) is 106 Å². The van der Waals surface area contributed by atoms with Gasteiger partial charge in [0.25, 0.3) is 0 Å². The van der Waals surface area contributed by atoms with Crippen LogP contribution in [0.2, 0.25) is 0 Å². The third-order valence-corrected chi connectivity index (χ3v) is 21.2. The fourth-order valence-corrected chi connectivity index (χ4v) is 13.5. The van der Waals surface area contributed by atoms with Gasteiger partial charge in [0.15, 0.2) is 5.96 Å². The number of amides is 17. The molecule has 3 aromatic carbocycles. The third-order valence-electron chi connectivity index (χ3n) is 21.2. The van der Waals surface area contributed by atoms with Crippen LogP contribution in [-0.2, 0) is 110 Å². The number of aliphatic hydroxyl groups excluding tert-OH is 1. The minimum absolute atomic E-state index is 0.00604. The summed E-state index contributed by atoms with van der Waals surface area (Å²) in [5, 5.41) is 80.6. The minimum Gasteiger partial charge on any atom is -0.481 e. The van der Waals surface area contributed by atoms with Crippen molar-refractivity contribution in [2.24, 2.45) is 52.3 Å². The van der Waals surface area contributed by atoms with Crippen LogP contribution in [0.5, 0.6) is 0 Å². The second-order valence-electron chi connectivity index (χ2n) is 33.5. The summed E-state index contributed by atoms with van der Waals surface area (Å²) in [4.78, 5) is 262. The van der Waals surface area contributed by atoms with Crippen LogP contribution >= 0.6 is 0 Å². The molecule has 0 saturated carbocycles. The number of hydrogen-bond donors (Lipinski definition) is 26. The number of carbonyl (C=O) groups excluding carboxylic acids is 17. The number of carbonyl (C=O) groups is 19. The molecule has 17 amide bonds. The van der Waals surface area contributed by atoms with Crippen LogP contribution in [0.15, 0.2) is 91.0 Å². The normalized spacial score (nSPS) is 14.7. The predicted octanol–water partition coefficient (Wildman–Crippen LogP) is -5.55. The zero-order chi connectivity index (χ0) is 99.7. The number of carboxylic acid groups (broad SMARTS) is 2. The molecule has 0 unspecified atom stereocenters. The van der Waals surface area contributed by atoms with Crippen LogP contribution in [0.1, 0.15) is 163 Å². The van der Waals surface area contributed by atoms with Gasteiger partial charge in [-0.05, 0) is 125 Å². The Morgan fingerprint density at radius 3 is 1.11 bits per heavy atom. The maximum Gasteiger partial charge on any atom is 0.305 e. The smallest absolute Gasteiger partial charge is 0.305 e. The van der Waals surface area contributed by atoms with Gasteiger partial charge in [-0.15, -0.1) is 0 Å². The van der Waals surface area contributed by atoms with E-state index in [1.165, 1.54) is 27.7 Å². The number of benzene rings is 3. The molecule has 16 atom stereocenters. The average molecular weight is 1870 g/mol. The molecule has 31 N–H and O–H groups in total. The Bertz CT molecular complexity index is 4380. The fourth-order valence-electron chi connectivity index (χ4n) is 13.5. The molecule has 0 saturated heterocycles. The SMILES string of the molecule is CC[C@H](C)[C@H](NC(=O)[C@H](Cc1ccccc1)NC(=O)[C@H](CC(=O)O)NC(=O)[C@@H](NC(=O)[C@H](C)NC(=O)[C@H](CCCCN)NC(=O)CNC(=O)[C@H](Cc1ccccc1)NC(=O)[C@H](CC(C)C)NC(=O)[C@H](CC(=O)O)NC(=O)[C@H](C)NC(=O)[C@H](Cc1ccccc1)NC(=O)CN)C(C)C)C(=O)N[C@@H](CCCCN)C(=O)N[C@@H](CO)C(=O)N[C@@H](CCCNC(=N)N)C(=O)N[C@H](C(N)=O)C(C)C. The van der Waals surface area contributed by atoms with Gasteiger partial charge in [0.2, 0.25) is 100 Å². The zero-order valence-corrected chi connectivity index (χ0v) is 77.0. The molecule has 45 nitrogen and oxygen atoms in total. The van der Waals surface area contributed by atoms with Crippen molar-refractivity contribution in [2.45, 2.75) is 256 Å². The van der Waals surface area contributed by atoms with Crippen LogP contribution in [0.3, 0.4) is 0 Å². The molecule has 0 aromatic heterocycles. The molecule has 0 aliphatic rings. The van der Waals surface area contributed by atoms with Crippen molar-refractivity contribution < 1.29 is 106 Å². The molecule has 0 spiro atoms. The van der Waals surface area contributed by atoms with Gasteiger partial charge in [-0.3, -0.25) is 96.5 Å². The van der Waals surface area contributed by atoms with Crippen molar-refractivity contribution in [1.82, 2.24) is 90.4 Å². The van der Waals surface area contributed by atoms with Gasteiger partial charge in [0.05, 0.1) is 32.5 Å². The fraction of sp³-hybridized carbons (Fsp3) is 0.568. The lowest BCUT2D eigenvalue weighted by Gasteiger charge is -2.30. The summed E-state index contributed by atoms with van der Waals surface area (Å²) in [5.41, 5.74) is 29.6. The molecule has 3 rings (SSSR count). The van der Waals surface area contributed by atoms with Crippen LogP contribution in [0.4, 0.5) is 0 Å². The predicted molar refractivity (Wildman–Crippen MR) is 487 cm³/mol. The molecule has 0 aliphatic carbocycles. The highest BCUT2D eigenvalue weighted by molar-refractivity contribution is 6.02. The largest absolute Gasteiger partial charge is 0.481 e. The molecule has 0 heterocycles. The van der Waals surface area contributed by atoms with E-state index in [1.54, 1.807) is 133 Å². The van der Waals surface area contributed by atoms with Crippen LogP contribution in [0.25, 0.3) is 0 Å². The van der Waals surface area contributed by atoms with Gasteiger partial charge in [-0.25, -0.2) is 0 Å². The molecule has 3 aromatic rings. The summed E-state index contributed by atoms with van der Waals surface area (Å²) < 4.78 is 0. The Balaban J connectivity index is 1.86. The lowest BCUT2D eigenvalue weighted by atomic mass is 9.96. The number of guanidine groups is 1. The van der Waals surface area contributed by atoms with E-state index in [4.69, 9.17) is 34.1 Å². The molecule has 0 fully saturated rings. The number of hydrogen-bond acceptors (Lipinski definition) is 24. The van der Waals surface area contributed by atoms with E-state index in [0.29, 0.717) is 29.5 Å². The Labute approximate surface area is 772 Å². The average Bonchev–Trinajstić information content (AvgIpc) is 0.845. The molecule has 0 bridgehead atoms. The Kier molecular flexibility index (Phi) is 51.3. The second-order valence-corrected chi connectivity index (χ2v) is 33.5. The summed E-state index contributed by atoms with van der Waals surface area (Å²) in [6, 6.07) is 2.14. The summed E-state index contributed by atoms with van der Waals surface area (Å²) in [6.45, 7) is 13.5. The van der Waals surface area contributed by atoms with Crippen molar-refractivity contribution in [1.29, 1.82) is 5.41 Å². The second kappa shape index (κ2) is 59.9. The number of rotatable bonds is 62. The number of unbranched alkanes of at least 4 members (excludes halogenated alkanes) is 2. The van der Waals surface area contributed by atoms with Crippen molar-refractivity contribution in [2.75, 3.05) is 39.3 Å². The molecular weight excluding hydrogens is 1730 g/mol. The van der Waals surface area contributed by atoms with E-state index in [1.807, 2.05) is 0 Å². The number of primary amides is 1. The van der Waals surface area contributed by atoms with Crippen LogP contribution in [0, 0.1) is 29.1 Å². The number of nitrogens with one attached hydrogen (secondary N) is 18. The monoisotopic (exact) mass is 1870 g/mol. The lowest BCUT2D eigenvalue weighted by Crippen LogP contribution is -2.62. The summed E-state index contributed by atoms with van der Waals surface area (Å²) in [7, 11) is 0. The van der Waals surface area contributed by atoms with Gasteiger partial charge in [-0.1, -0.05) is 153 Å². The quantitative estimate of drug-likeness (QED) is 0.0142. The number of aliphatic carboxylic acids is 2. The highest BCUT2D eigenvalue weighted by atomic mass is 16.4. The van der Waals surface area contributed by atoms with Gasteiger partial charge < -0.3 is 134 Å². The first-order chi connectivity index (χ1) is 62.9. The molecule has 0 aliphatic heterocycles. The summed E-state index contributed by atoms with van der Waals surface area (Å²) >= 11 is 0. The molecule has 736 valence electrons. The first-order valence-corrected chi connectivity index (χ1v) is 44.3. The van der Waals surface area contributed by atoms with Gasteiger partial charge in [0.1, 0.15) is 90.6 Å². The Morgan fingerprint density at radius 2 is 0.677 bits per heavy atom. The van der Waals surface area contributed by atoms with Gasteiger partial charge in [-0.2, -0.15) is 0 Å². The Hall–Kier alpha value is -13.3. The van der Waals surface area contributed by atoms with E-state index in [-0.39, 0.29) is 102 Å². The molecule has 133 heavy (non-hydrogen) atoms. The van der Waals surface area contributed by atoms with Crippen molar-refractivity contribution >= 4 is 118 Å². The lowest BCUT2D eigenvalue weighted by molar-refractivity contribution is -0.142. The van der Waals surface area contributed by atoms with Crippen molar-refractivity contribution in [3.05, 3.63) is 108 Å². The topological polar surface area (TPSA) is 743 Å². The molecule has 45 heteroatoms. The first-order valence-electron chi connectivity index (χ1n) is 44.3. The highest BCUT2D eigenvalue weighted by Gasteiger charge is 2.40. The number of carboxylic acids is 2. The maximum atomic E-state index is 14.8. The molecular formula is C88H137N23O22. The van der Waals surface area contributed by atoms with Crippen LogP contribution in [-0.4, -0.2) is 264 Å². The highest BCUT2D eigenvalue weighted by Crippen LogP contribution is 2.17. The minimum atomic E-state index is -1.98. The standard InChI is InChI=1S/C88H137N23O22/c1-11-50(8)72(87(133)102-57(33-22-24-36-90)78(124)108-65(46-112)85(131)101-58(34-25-37-95-88(93)94)79(125)109-70(48(4)5)73(92)119)111-84(130)62(41-55-30-19-14-20-31-55)106-83(129)64(43-69(117)118)107-86(132)71(49(6)7)110-75(121)52(10)97-77(123)56(32-21-23-35-89)99-67(114)45-96-76(122)60(39-53-26-15-12-16-27-53)105-81(127)59(38-47(2)3)104-82(128)63(42-68(115)116)103-74(120)51(9)98-80(126)61(100-66(113)44-91)40-54-28-17-13-18-29-54/h12-20,26-31,47-52,56-65,70-72,112H,11,21-25,32-46,89-91H2,1-10H3,(H2,92,119)(H,96,122)(H,97,123)(H,98,126)(H,99,114)(H,100,113)(H,101,131)(H,102,133)(H,103,120)(H,104,128)(H,105,127)(H,106,129)(H,107,132)(H,108,124)(H,109,125)(H,110,121)(H,111,130)(H,115,116)(H,117,118)(H4,93,94,95)/t50-,51-,52-,56-,57-,58-,59-,60-,61-,62-,63-,64-,65-,70-,71-,72-/m0/s1. The van der Waals surface area contributed by atoms with E-state index < -0.39 is 253 Å².